The van der Waals surface area contributed by atoms with Crippen molar-refractivity contribution in [2.45, 2.75) is 25.3 Å². The number of carbonyl (C=O) groups is 3. The second kappa shape index (κ2) is 5.92. The Hall–Kier alpha value is -2.27. The van der Waals surface area contributed by atoms with E-state index in [9.17, 15) is 14.4 Å². The Kier molecular flexibility index (Phi) is 3.84. The average Bonchev–Trinajstić information content (AvgIpc) is 3.16. The first kappa shape index (κ1) is 16.2. The van der Waals surface area contributed by atoms with Gasteiger partial charge < -0.3 is 5.32 Å². The van der Waals surface area contributed by atoms with Crippen molar-refractivity contribution in [2.24, 2.45) is 17.8 Å². The molecule has 1 saturated heterocycles. The number of ketones is 2. The van der Waals surface area contributed by atoms with Crippen LogP contribution in [0.1, 0.15) is 40.5 Å². The van der Waals surface area contributed by atoms with Gasteiger partial charge in [-0.3, -0.25) is 19.7 Å². The Balaban J connectivity index is 1.64. The molecular weight excluding hydrogens is 316 g/mol. The molecule has 2 aliphatic carbocycles. The Labute approximate surface area is 146 Å². The summed E-state index contributed by atoms with van der Waals surface area (Å²) in [5, 5.41) is 6.25. The topological polar surface area (TPSA) is 75.3 Å². The largest absolute Gasteiger partial charge is 0.354 e. The van der Waals surface area contributed by atoms with Gasteiger partial charge in [-0.2, -0.15) is 0 Å². The highest BCUT2D eigenvalue weighted by Gasteiger charge is 2.52. The second-order valence-electron chi connectivity index (χ2n) is 7.15. The average molecular weight is 338 g/mol. The van der Waals surface area contributed by atoms with E-state index in [1.54, 1.807) is 24.3 Å². The van der Waals surface area contributed by atoms with Crippen LogP contribution in [-0.4, -0.2) is 36.1 Å². The minimum atomic E-state index is -0.690. The molecule has 1 aliphatic heterocycles. The summed E-state index contributed by atoms with van der Waals surface area (Å²) in [6.45, 7) is 3.26. The molecule has 0 unspecified atom stereocenters. The molecule has 1 amide bonds. The van der Waals surface area contributed by atoms with Crippen LogP contribution in [0.5, 0.6) is 0 Å². The van der Waals surface area contributed by atoms with Crippen LogP contribution in [0.25, 0.3) is 0 Å². The highest BCUT2D eigenvalue weighted by molar-refractivity contribution is 6.26. The van der Waals surface area contributed by atoms with Crippen LogP contribution in [0, 0.1) is 17.8 Å². The summed E-state index contributed by atoms with van der Waals surface area (Å²) >= 11 is 0. The minimum absolute atomic E-state index is 0.0143. The van der Waals surface area contributed by atoms with Gasteiger partial charge in [-0.05, 0) is 38.1 Å². The molecule has 130 valence electrons. The molecule has 3 aliphatic rings. The molecule has 2 N–H and O–H groups in total. The van der Waals surface area contributed by atoms with Gasteiger partial charge in [0.15, 0.2) is 11.6 Å². The number of benzene rings is 1. The van der Waals surface area contributed by atoms with E-state index in [0.717, 1.165) is 13.0 Å². The predicted octanol–water partition coefficient (Wildman–Crippen LogP) is 1.74. The lowest BCUT2D eigenvalue weighted by Crippen LogP contribution is -2.57. The number of nitrogens with one attached hydrogen (secondary N) is 2. The third-order valence-corrected chi connectivity index (χ3v) is 5.88. The van der Waals surface area contributed by atoms with Crippen LogP contribution in [0.15, 0.2) is 36.4 Å². The van der Waals surface area contributed by atoms with E-state index in [0.29, 0.717) is 24.1 Å². The van der Waals surface area contributed by atoms with Crippen LogP contribution in [0.4, 0.5) is 0 Å². The molecule has 4 rings (SSSR count). The van der Waals surface area contributed by atoms with E-state index >= 15 is 0 Å². The van der Waals surface area contributed by atoms with Crippen molar-refractivity contribution >= 4 is 17.5 Å². The van der Waals surface area contributed by atoms with Crippen molar-refractivity contribution in [3.8, 4) is 0 Å². The SMILES string of the molecule is CCNC(=O)[C@]12C=C[C@@H](C3C(=O)c4ccccc4C3=O)C[C@H]1CCN2. The summed E-state index contributed by atoms with van der Waals surface area (Å²) in [7, 11) is 0. The molecule has 0 spiro atoms. The van der Waals surface area contributed by atoms with Gasteiger partial charge in [-0.25, -0.2) is 0 Å². The number of likely N-dealkylation sites (N-methyl/N-ethyl adjacent to an activating group) is 1. The summed E-state index contributed by atoms with van der Waals surface area (Å²) in [6, 6.07) is 7.06. The molecule has 1 fully saturated rings. The van der Waals surface area contributed by atoms with Crippen LogP contribution in [0.3, 0.4) is 0 Å². The number of hydrogen-bond donors (Lipinski definition) is 2. The quantitative estimate of drug-likeness (QED) is 0.650. The first-order valence-electron chi connectivity index (χ1n) is 8.98. The van der Waals surface area contributed by atoms with E-state index < -0.39 is 11.5 Å². The van der Waals surface area contributed by atoms with Gasteiger partial charge in [0.1, 0.15) is 5.54 Å². The Bertz CT molecular complexity index is 750. The fourth-order valence-corrected chi connectivity index (χ4v) is 4.66. The van der Waals surface area contributed by atoms with E-state index in [1.807, 2.05) is 19.1 Å². The van der Waals surface area contributed by atoms with E-state index in [4.69, 9.17) is 0 Å². The Morgan fingerprint density at radius 3 is 2.56 bits per heavy atom. The van der Waals surface area contributed by atoms with Crippen LogP contribution >= 0.6 is 0 Å². The van der Waals surface area contributed by atoms with Crippen molar-refractivity contribution in [3.63, 3.8) is 0 Å². The summed E-state index contributed by atoms with van der Waals surface area (Å²) in [5.74, 6) is -0.835. The molecule has 0 saturated carbocycles. The van der Waals surface area contributed by atoms with Crippen molar-refractivity contribution in [3.05, 3.63) is 47.5 Å². The summed E-state index contributed by atoms with van der Waals surface area (Å²) in [6.07, 6.45) is 5.36. The number of fused-ring (bicyclic) bond motifs is 2. The monoisotopic (exact) mass is 338 g/mol. The van der Waals surface area contributed by atoms with Crippen molar-refractivity contribution in [2.75, 3.05) is 13.1 Å². The highest BCUT2D eigenvalue weighted by Crippen LogP contribution is 2.43. The summed E-state index contributed by atoms with van der Waals surface area (Å²) < 4.78 is 0. The first-order valence-corrected chi connectivity index (χ1v) is 8.98. The molecule has 1 aromatic carbocycles. The molecule has 1 aromatic rings. The van der Waals surface area contributed by atoms with Gasteiger partial charge in [0.05, 0.1) is 5.92 Å². The molecule has 3 atom stereocenters. The van der Waals surface area contributed by atoms with Crippen LogP contribution in [0.2, 0.25) is 0 Å². The molecule has 0 radical (unpaired) electrons. The smallest absolute Gasteiger partial charge is 0.244 e. The zero-order valence-corrected chi connectivity index (χ0v) is 14.2. The minimum Gasteiger partial charge on any atom is -0.354 e. The third-order valence-electron chi connectivity index (χ3n) is 5.88. The van der Waals surface area contributed by atoms with E-state index in [2.05, 4.69) is 10.6 Å². The number of hydrogen-bond acceptors (Lipinski definition) is 4. The summed E-state index contributed by atoms with van der Waals surface area (Å²) in [5.41, 5.74) is 0.386. The van der Waals surface area contributed by atoms with Crippen LogP contribution in [-0.2, 0) is 4.79 Å². The van der Waals surface area contributed by atoms with Gasteiger partial charge >= 0.3 is 0 Å². The number of rotatable bonds is 3. The molecule has 5 heteroatoms. The fourth-order valence-electron chi connectivity index (χ4n) is 4.66. The van der Waals surface area contributed by atoms with Gasteiger partial charge in [-0.1, -0.05) is 36.4 Å². The maximum absolute atomic E-state index is 12.8. The number of carbonyl (C=O) groups excluding carboxylic acids is 3. The molecule has 0 bridgehead atoms. The van der Waals surface area contributed by atoms with Crippen molar-refractivity contribution in [1.82, 2.24) is 10.6 Å². The lowest BCUT2D eigenvalue weighted by molar-refractivity contribution is -0.127. The zero-order chi connectivity index (χ0) is 17.6. The molecule has 0 aromatic heterocycles. The maximum Gasteiger partial charge on any atom is 0.244 e. The van der Waals surface area contributed by atoms with Gasteiger partial charge in [0.2, 0.25) is 5.91 Å². The molecule has 5 nitrogen and oxygen atoms in total. The fraction of sp³-hybridized carbons (Fsp3) is 0.450. The lowest BCUT2D eigenvalue weighted by atomic mass is 9.69. The third kappa shape index (κ3) is 2.29. The molecule has 1 heterocycles. The van der Waals surface area contributed by atoms with Crippen molar-refractivity contribution < 1.29 is 14.4 Å². The van der Waals surface area contributed by atoms with E-state index in [1.165, 1.54) is 0 Å². The summed E-state index contributed by atoms with van der Waals surface area (Å²) in [4.78, 5) is 38.1. The standard InChI is InChI=1S/C20H22N2O3/c1-2-21-19(25)20-9-7-12(11-13(20)8-10-22-20)16-17(23)14-5-3-4-6-15(14)18(16)24/h3-7,9,12-13,16,22H,2,8,10-11H2,1H3,(H,21,25)/t12-,13-,20+/m1/s1. The second-order valence-corrected chi connectivity index (χ2v) is 7.15. The number of amides is 1. The molecular formula is C20H22N2O3. The normalized spacial score (nSPS) is 31.1. The number of allylic oxidation sites excluding steroid dienone is 1. The van der Waals surface area contributed by atoms with E-state index in [-0.39, 0.29) is 29.3 Å². The lowest BCUT2D eigenvalue weighted by Gasteiger charge is -2.37. The van der Waals surface area contributed by atoms with Gasteiger partial charge in [-0.15, -0.1) is 0 Å². The predicted molar refractivity (Wildman–Crippen MR) is 93.4 cm³/mol. The van der Waals surface area contributed by atoms with Crippen molar-refractivity contribution in [1.29, 1.82) is 0 Å². The molecule has 25 heavy (non-hydrogen) atoms. The zero-order valence-electron chi connectivity index (χ0n) is 14.2. The Morgan fingerprint density at radius 2 is 1.92 bits per heavy atom. The Morgan fingerprint density at radius 1 is 1.24 bits per heavy atom. The van der Waals surface area contributed by atoms with Gasteiger partial charge in [0.25, 0.3) is 0 Å². The first-order chi connectivity index (χ1) is 12.1. The highest BCUT2D eigenvalue weighted by atomic mass is 16.2. The van der Waals surface area contributed by atoms with Crippen LogP contribution < -0.4 is 10.6 Å². The van der Waals surface area contributed by atoms with Gasteiger partial charge in [0, 0.05) is 17.7 Å². The number of Topliss-reactive ketones (excluding diaryl/α,β-unsaturated/α-hetero) is 2. The maximum atomic E-state index is 12.8.